The van der Waals surface area contributed by atoms with Crippen molar-refractivity contribution in [2.75, 3.05) is 5.88 Å². The third-order valence-electron chi connectivity index (χ3n) is 7.63. The van der Waals surface area contributed by atoms with Crippen molar-refractivity contribution in [1.29, 1.82) is 0 Å². The van der Waals surface area contributed by atoms with Gasteiger partial charge in [-0.3, -0.25) is 0 Å². The number of phenolic OH excluding ortho intramolecular Hbond substituents is 1. The molecule has 0 amide bonds. The van der Waals surface area contributed by atoms with Crippen molar-refractivity contribution in [3.8, 4) is 5.75 Å². The van der Waals surface area contributed by atoms with Gasteiger partial charge in [-0.15, -0.1) is 11.6 Å². The third-order valence-corrected chi connectivity index (χ3v) is 8.92. The van der Waals surface area contributed by atoms with E-state index in [9.17, 15) is 10.2 Å². The van der Waals surface area contributed by atoms with Gasteiger partial charge in [0.05, 0.1) is 0 Å². The van der Waals surface area contributed by atoms with E-state index in [1.807, 2.05) is 12.1 Å². The Balaban J connectivity index is 1.79. The SMILES string of the molecule is C=C(I)[C@]1(O)CC[C@H]2[C@@H]3CCc4cc(O)ccc4[C@H]3[C@@H](CCl)C[C@@]21C. The van der Waals surface area contributed by atoms with Crippen LogP contribution in [0.2, 0.25) is 0 Å². The van der Waals surface area contributed by atoms with E-state index in [0.29, 0.717) is 35.3 Å². The van der Waals surface area contributed by atoms with E-state index in [2.05, 4.69) is 42.2 Å². The molecule has 2 N–H and O–H groups in total. The smallest absolute Gasteiger partial charge is 0.115 e. The topological polar surface area (TPSA) is 40.5 Å². The van der Waals surface area contributed by atoms with Crippen LogP contribution < -0.4 is 0 Å². The first-order valence-electron chi connectivity index (χ1n) is 9.27. The molecule has 4 rings (SSSR count). The molecule has 2 nitrogen and oxygen atoms in total. The summed E-state index contributed by atoms with van der Waals surface area (Å²) in [5.41, 5.74) is 1.75. The van der Waals surface area contributed by atoms with Crippen molar-refractivity contribution >= 4 is 34.2 Å². The highest BCUT2D eigenvalue weighted by Gasteiger charge is 2.64. The maximum absolute atomic E-state index is 11.5. The fraction of sp³-hybridized carbons (Fsp3) is 0.619. The molecule has 1 aromatic carbocycles. The summed E-state index contributed by atoms with van der Waals surface area (Å²) < 4.78 is 0.878. The molecular weight excluding hydrogens is 447 g/mol. The quantitative estimate of drug-likeness (QED) is 0.447. The fourth-order valence-electron chi connectivity index (χ4n) is 6.47. The van der Waals surface area contributed by atoms with E-state index in [0.717, 1.165) is 35.7 Å². The zero-order chi connectivity index (χ0) is 18.0. The van der Waals surface area contributed by atoms with Gasteiger partial charge in [-0.05, 0) is 102 Å². The molecule has 0 aliphatic heterocycles. The first-order chi connectivity index (χ1) is 11.8. The molecule has 0 saturated heterocycles. The number of halogens is 2. The van der Waals surface area contributed by atoms with Gasteiger partial charge in [0.25, 0.3) is 0 Å². The van der Waals surface area contributed by atoms with E-state index < -0.39 is 5.60 Å². The van der Waals surface area contributed by atoms with Crippen LogP contribution in [0.25, 0.3) is 0 Å². The lowest BCUT2D eigenvalue weighted by atomic mass is 9.50. The molecule has 0 bridgehead atoms. The second kappa shape index (κ2) is 6.13. The minimum atomic E-state index is -0.775. The molecule has 2 fully saturated rings. The first-order valence-corrected chi connectivity index (χ1v) is 10.9. The number of benzene rings is 1. The minimum Gasteiger partial charge on any atom is -0.508 e. The number of phenols is 1. The zero-order valence-electron chi connectivity index (χ0n) is 14.6. The molecule has 2 saturated carbocycles. The number of aliphatic hydroxyl groups is 1. The summed E-state index contributed by atoms with van der Waals surface area (Å²) in [4.78, 5) is 0. The van der Waals surface area contributed by atoms with Gasteiger partial charge >= 0.3 is 0 Å². The summed E-state index contributed by atoms with van der Waals surface area (Å²) in [6.45, 7) is 6.40. The Morgan fingerprint density at radius 1 is 1.40 bits per heavy atom. The Hall–Kier alpha value is -0.260. The first kappa shape index (κ1) is 18.1. The number of hydrogen-bond acceptors (Lipinski definition) is 2. The lowest BCUT2D eigenvalue weighted by Crippen LogP contribution is -2.53. The van der Waals surface area contributed by atoms with E-state index >= 15 is 0 Å². The van der Waals surface area contributed by atoms with Crippen LogP contribution in [0.5, 0.6) is 5.75 Å². The third kappa shape index (κ3) is 2.45. The van der Waals surface area contributed by atoms with E-state index in [1.165, 1.54) is 11.1 Å². The van der Waals surface area contributed by atoms with Crippen LogP contribution >= 0.6 is 34.2 Å². The van der Waals surface area contributed by atoms with Crippen LogP contribution in [-0.2, 0) is 6.42 Å². The second-order valence-electron chi connectivity index (χ2n) is 8.56. The van der Waals surface area contributed by atoms with Crippen LogP contribution in [0.15, 0.2) is 28.4 Å². The predicted molar refractivity (Wildman–Crippen MR) is 110 cm³/mol. The van der Waals surface area contributed by atoms with Crippen LogP contribution in [0.3, 0.4) is 0 Å². The van der Waals surface area contributed by atoms with Gasteiger partial charge in [0.15, 0.2) is 0 Å². The summed E-state index contributed by atoms with van der Waals surface area (Å²) in [5, 5.41) is 21.3. The molecule has 0 spiro atoms. The van der Waals surface area contributed by atoms with Crippen molar-refractivity contribution in [2.24, 2.45) is 23.2 Å². The van der Waals surface area contributed by atoms with Gasteiger partial charge in [-0.2, -0.15) is 0 Å². The molecule has 3 aliphatic carbocycles. The molecule has 25 heavy (non-hydrogen) atoms. The van der Waals surface area contributed by atoms with Crippen LogP contribution in [-0.4, -0.2) is 21.7 Å². The summed E-state index contributed by atoms with van der Waals surface area (Å²) in [6, 6.07) is 5.86. The number of hydrogen-bond donors (Lipinski definition) is 2. The van der Waals surface area contributed by atoms with Gasteiger partial charge in [0.2, 0.25) is 0 Å². The molecule has 0 aromatic heterocycles. The highest BCUT2D eigenvalue weighted by molar-refractivity contribution is 14.1. The summed E-state index contributed by atoms with van der Waals surface area (Å²) in [7, 11) is 0. The zero-order valence-corrected chi connectivity index (χ0v) is 17.6. The van der Waals surface area contributed by atoms with Crippen LogP contribution in [0, 0.1) is 23.2 Å². The molecule has 4 heteroatoms. The minimum absolute atomic E-state index is 0.138. The molecule has 0 heterocycles. The van der Waals surface area contributed by atoms with Crippen molar-refractivity contribution in [3.05, 3.63) is 39.5 Å². The van der Waals surface area contributed by atoms with E-state index in [1.54, 1.807) is 0 Å². The van der Waals surface area contributed by atoms with Crippen LogP contribution in [0.1, 0.15) is 49.7 Å². The Bertz CT molecular complexity index is 720. The Labute approximate surface area is 168 Å². The average molecular weight is 473 g/mol. The summed E-state index contributed by atoms with van der Waals surface area (Å²) in [5.74, 6) is 2.85. The fourth-order valence-corrected chi connectivity index (χ4v) is 7.66. The Morgan fingerprint density at radius 2 is 2.16 bits per heavy atom. The van der Waals surface area contributed by atoms with Gasteiger partial charge < -0.3 is 10.2 Å². The average Bonchev–Trinajstić information content (AvgIpc) is 2.86. The summed E-state index contributed by atoms with van der Waals surface area (Å²) >= 11 is 8.69. The number of fused-ring (bicyclic) bond motifs is 5. The molecular formula is C21H26ClIO2. The molecule has 3 aliphatic rings. The van der Waals surface area contributed by atoms with Crippen molar-refractivity contribution in [3.63, 3.8) is 0 Å². The molecule has 136 valence electrons. The van der Waals surface area contributed by atoms with Crippen molar-refractivity contribution in [1.82, 2.24) is 0 Å². The summed E-state index contributed by atoms with van der Waals surface area (Å²) in [6.07, 6.45) is 4.96. The van der Waals surface area contributed by atoms with E-state index in [4.69, 9.17) is 11.6 Å². The monoisotopic (exact) mass is 472 g/mol. The van der Waals surface area contributed by atoms with E-state index in [-0.39, 0.29) is 5.41 Å². The molecule has 0 radical (unpaired) electrons. The number of aryl methyl sites for hydroxylation is 1. The normalized spacial score (nSPS) is 42.4. The molecule has 6 atom stereocenters. The van der Waals surface area contributed by atoms with Crippen molar-refractivity contribution < 1.29 is 10.2 Å². The lowest BCUT2D eigenvalue weighted by Gasteiger charge is -2.56. The Morgan fingerprint density at radius 3 is 2.84 bits per heavy atom. The standard InChI is InChI=1S/C21H26ClIO2/c1-12(23)21(25)8-7-18-17-5-3-13-9-15(24)4-6-16(13)19(17)14(11-22)10-20(18,21)2/h4,6,9,14,17-19,24-25H,1,3,5,7-8,10-11H2,2H3/t14-,17+,18+,19-,20+,21-/m1/s1. The Kier molecular flexibility index (Phi) is 4.45. The molecule has 0 unspecified atom stereocenters. The number of aromatic hydroxyl groups is 1. The van der Waals surface area contributed by atoms with Gasteiger partial charge in [0, 0.05) is 14.9 Å². The lowest BCUT2D eigenvalue weighted by molar-refractivity contribution is -0.0870. The highest BCUT2D eigenvalue weighted by Crippen LogP contribution is 2.67. The predicted octanol–water partition coefficient (Wildman–Crippen LogP) is 5.39. The van der Waals surface area contributed by atoms with Crippen molar-refractivity contribution in [2.45, 2.75) is 50.5 Å². The second-order valence-corrected chi connectivity index (χ2v) is 10.2. The van der Waals surface area contributed by atoms with Gasteiger partial charge in [0.1, 0.15) is 11.4 Å². The number of rotatable bonds is 2. The van der Waals surface area contributed by atoms with Gasteiger partial charge in [-0.25, -0.2) is 0 Å². The van der Waals surface area contributed by atoms with Gasteiger partial charge in [-0.1, -0.05) is 19.6 Å². The maximum Gasteiger partial charge on any atom is 0.115 e. The van der Waals surface area contributed by atoms with Crippen LogP contribution in [0.4, 0.5) is 0 Å². The highest BCUT2D eigenvalue weighted by atomic mass is 127. The molecule has 1 aromatic rings. The largest absolute Gasteiger partial charge is 0.508 e. The number of alkyl halides is 1. The maximum atomic E-state index is 11.5.